The predicted octanol–water partition coefficient (Wildman–Crippen LogP) is 0.596. The summed E-state index contributed by atoms with van der Waals surface area (Å²) in [5, 5.41) is 30.5. The van der Waals surface area contributed by atoms with Crippen LogP contribution in [0.2, 0.25) is 0 Å². The van der Waals surface area contributed by atoms with E-state index in [1.165, 1.54) is 0 Å². The molecule has 0 aliphatic heterocycles. The van der Waals surface area contributed by atoms with Crippen molar-refractivity contribution in [3.05, 3.63) is 58.1 Å². The number of carbonyl (C=O) groups excluding carboxylic acids is 2. The molecule has 0 heterocycles. The zero-order valence-electron chi connectivity index (χ0n) is 18.9. The second-order valence-electron chi connectivity index (χ2n) is 7.64. The van der Waals surface area contributed by atoms with Crippen LogP contribution in [0.4, 0.5) is 11.4 Å². The molecule has 0 spiro atoms. The fourth-order valence-electron chi connectivity index (χ4n) is 3.94. The Balaban J connectivity index is 1.96. The summed E-state index contributed by atoms with van der Waals surface area (Å²) in [6.45, 7) is 3.56. The number of ether oxygens (including phenoxy) is 1. The van der Waals surface area contributed by atoms with Gasteiger partial charge in [0, 0.05) is 68.9 Å². The number of nitrogens with one attached hydrogen (secondary N) is 4. The van der Waals surface area contributed by atoms with Crippen molar-refractivity contribution in [2.24, 2.45) is 0 Å². The lowest BCUT2D eigenvalue weighted by molar-refractivity contribution is 0.0976. The van der Waals surface area contributed by atoms with Gasteiger partial charge in [-0.1, -0.05) is 18.2 Å². The molecule has 0 atom stereocenters. The highest BCUT2D eigenvalue weighted by molar-refractivity contribution is 6.32. The van der Waals surface area contributed by atoms with Crippen molar-refractivity contribution in [3.8, 4) is 0 Å². The van der Waals surface area contributed by atoms with E-state index in [4.69, 9.17) is 14.9 Å². The molecule has 1 aliphatic rings. The lowest BCUT2D eigenvalue weighted by Gasteiger charge is -2.25. The van der Waals surface area contributed by atoms with Crippen LogP contribution in [0.25, 0.3) is 0 Å². The Hall–Kier alpha value is -2.82. The number of aliphatic hydroxyl groups excluding tert-OH is 2. The van der Waals surface area contributed by atoms with Crippen molar-refractivity contribution in [3.63, 3.8) is 0 Å². The van der Waals surface area contributed by atoms with E-state index >= 15 is 0 Å². The molecule has 9 nitrogen and oxygen atoms in total. The van der Waals surface area contributed by atoms with Crippen LogP contribution in [0.1, 0.15) is 37.4 Å². The van der Waals surface area contributed by atoms with Gasteiger partial charge < -0.3 is 36.2 Å². The highest BCUT2D eigenvalue weighted by Crippen LogP contribution is 2.37. The molecule has 0 bridgehead atoms. The van der Waals surface area contributed by atoms with Crippen LogP contribution < -0.4 is 21.3 Å². The Labute approximate surface area is 193 Å². The summed E-state index contributed by atoms with van der Waals surface area (Å²) in [5.74, 6) is -0.412. The molecule has 0 amide bonds. The van der Waals surface area contributed by atoms with Gasteiger partial charge in [-0.3, -0.25) is 9.59 Å². The molecule has 3 rings (SSSR count). The average molecular weight is 457 g/mol. The first-order chi connectivity index (χ1) is 16.1. The zero-order valence-corrected chi connectivity index (χ0v) is 18.9. The number of fused-ring (bicyclic) bond motifs is 2. The van der Waals surface area contributed by atoms with Crippen LogP contribution in [-0.2, 0) is 11.3 Å². The van der Waals surface area contributed by atoms with E-state index in [2.05, 4.69) is 21.3 Å². The Morgan fingerprint density at radius 2 is 1.30 bits per heavy atom. The van der Waals surface area contributed by atoms with Gasteiger partial charge in [0.1, 0.15) is 0 Å². The van der Waals surface area contributed by atoms with Crippen LogP contribution in [-0.4, -0.2) is 81.4 Å². The maximum Gasteiger partial charge on any atom is 0.197 e. The van der Waals surface area contributed by atoms with E-state index < -0.39 is 0 Å². The minimum absolute atomic E-state index is 0.0506. The lowest BCUT2D eigenvalue weighted by Crippen LogP contribution is -2.29. The second kappa shape index (κ2) is 12.4. The molecule has 0 saturated heterocycles. The first-order valence-corrected chi connectivity index (χ1v) is 11.1. The van der Waals surface area contributed by atoms with Gasteiger partial charge in [0.15, 0.2) is 11.6 Å². The summed E-state index contributed by atoms with van der Waals surface area (Å²) in [7, 11) is 1.56. The van der Waals surface area contributed by atoms with E-state index in [-0.39, 0.29) is 31.4 Å². The fourth-order valence-corrected chi connectivity index (χ4v) is 3.94. The number of carbonyl (C=O) groups is 2. The molecule has 0 radical (unpaired) electrons. The number of benzene rings is 2. The summed E-state index contributed by atoms with van der Waals surface area (Å²) < 4.78 is 5.26. The van der Waals surface area contributed by atoms with E-state index in [0.29, 0.717) is 78.5 Å². The highest BCUT2D eigenvalue weighted by atomic mass is 16.5. The van der Waals surface area contributed by atoms with Crippen LogP contribution in [0, 0.1) is 0 Å². The fraction of sp³-hybridized carbons (Fsp3) is 0.417. The quantitative estimate of drug-likeness (QED) is 0.193. The Kier molecular flexibility index (Phi) is 9.35. The van der Waals surface area contributed by atoms with Crippen molar-refractivity contribution >= 4 is 22.9 Å². The van der Waals surface area contributed by atoms with Crippen molar-refractivity contribution in [1.29, 1.82) is 0 Å². The second-order valence-corrected chi connectivity index (χ2v) is 7.64. The first-order valence-electron chi connectivity index (χ1n) is 11.1. The molecule has 0 unspecified atom stereocenters. The average Bonchev–Trinajstić information content (AvgIpc) is 2.82. The largest absolute Gasteiger partial charge is 0.395 e. The van der Waals surface area contributed by atoms with Gasteiger partial charge in [-0.25, -0.2) is 0 Å². The summed E-state index contributed by atoms with van der Waals surface area (Å²) in [6, 6.07) is 8.87. The molecule has 178 valence electrons. The van der Waals surface area contributed by atoms with E-state index in [1.54, 1.807) is 25.3 Å². The topological polar surface area (TPSA) is 132 Å². The summed E-state index contributed by atoms with van der Waals surface area (Å²) in [6.07, 6.45) is 0. The van der Waals surface area contributed by atoms with Crippen LogP contribution in [0.3, 0.4) is 0 Å². The Morgan fingerprint density at radius 1 is 0.727 bits per heavy atom. The van der Waals surface area contributed by atoms with Gasteiger partial charge in [-0.15, -0.1) is 0 Å². The standard InChI is InChI=1S/C24H32N4O5/c1-33-15-16-3-2-4-17-20(16)24(32)22-19(28-10-8-26-12-14-30)6-5-18(21(22)23(17)31)27-9-7-25-11-13-29/h2-6,25-30H,7-15H2,1H3. The molecule has 9 heteroatoms. The van der Waals surface area contributed by atoms with Gasteiger partial charge in [0.2, 0.25) is 0 Å². The van der Waals surface area contributed by atoms with Crippen LogP contribution >= 0.6 is 0 Å². The molecule has 1 aliphatic carbocycles. The van der Waals surface area contributed by atoms with Crippen molar-refractivity contribution in [2.45, 2.75) is 6.61 Å². The molecular formula is C24H32N4O5. The molecule has 0 aromatic heterocycles. The van der Waals surface area contributed by atoms with E-state index in [9.17, 15) is 9.59 Å². The molecule has 33 heavy (non-hydrogen) atoms. The summed E-state index contributed by atoms with van der Waals surface area (Å²) in [4.78, 5) is 27.3. The van der Waals surface area contributed by atoms with Gasteiger partial charge in [-0.2, -0.15) is 0 Å². The summed E-state index contributed by atoms with van der Waals surface area (Å²) in [5.41, 5.74) is 3.35. The molecule has 6 N–H and O–H groups in total. The zero-order chi connectivity index (χ0) is 23.6. The molecule has 2 aromatic carbocycles. The SMILES string of the molecule is COCc1cccc2c1C(=O)c1c(NCCNCCO)ccc(NCCNCCO)c1C2=O. The minimum Gasteiger partial charge on any atom is -0.395 e. The number of anilines is 2. The maximum absolute atomic E-state index is 13.7. The Morgan fingerprint density at radius 3 is 1.85 bits per heavy atom. The molecule has 0 saturated carbocycles. The number of ketones is 2. The van der Waals surface area contributed by atoms with Gasteiger partial charge in [-0.05, 0) is 17.7 Å². The third kappa shape index (κ3) is 5.76. The number of methoxy groups -OCH3 is 1. The first kappa shape index (κ1) is 24.8. The number of hydrogen-bond donors (Lipinski definition) is 6. The third-order valence-electron chi connectivity index (χ3n) is 5.39. The number of aliphatic hydroxyl groups is 2. The number of hydrogen-bond acceptors (Lipinski definition) is 9. The molecular weight excluding hydrogens is 424 g/mol. The van der Waals surface area contributed by atoms with Crippen LogP contribution in [0.5, 0.6) is 0 Å². The third-order valence-corrected chi connectivity index (χ3v) is 5.39. The predicted molar refractivity (Wildman–Crippen MR) is 127 cm³/mol. The van der Waals surface area contributed by atoms with Gasteiger partial charge >= 0.3 is 0 Å². The summed E-state index contributed by atoms with van der Waals surface area (Å²) >= 11 is 0. The van der Waals surface area contributed by atoms with Gasteiger partial charge in [0.05, 0.1) is 30.9 Å². The van der Waals surface area contributed by atoms with Crippen LogP contribution in [0.15, 0.2) is 30.3 Å². The minimum atomic E-state index is -0.208. The van der Waals surface area contributed by atoms with Crippen molar-refractivity contribution in [2.75, 3.05) is 70.2 Å². The van der Waals surface area contributed by atoms with Crippen molar-refractivity contribution in [1.82, 2.24) is 10.6 Å². The maximum atomic E-state index is 13.7. The normalized spacial score (nSPS) is 12.5. The molecule has 2 aromatic rings. The lowest BCUT2D eigenvalue weighted by atomic mass is 9.80. The number of rotatable bonds is 14. The van der Waals surface area contributed by atoms with E-state index in [0.717, 1.165) is 0 Å². The molecule has 0 fully saturated rings. The Bertz CT molecular complexity index is 980. The monoisotopic (exact) mass is 456 g/mol. The van der Waals surface area contributed by atoms with Crippen molar-refractivity contribution < 1.29 is 24.5 Å². The van der Waals surface area contributed by atoms with E-state index in [1.807, 2.05) is 12.1 Å². The smallest absolute Gasteiger partial charge is 0.197 e. The highest BCUT2D eigenvalue weighted by Gasteiger charge is 2.35. The van der Waals surface area contributed by atoms with Gasteiger partial charge in [0.25, 0.3) is 0 Å².